The molecule has 1 aliphatic rings. The third-order valence-corrected chi connectivity index (χ3v) is 6.65. The lowest BCUT2D eigenvalue weighted by Gasteiger charge is -2.38. The third kappa shape index (κ3) is 4.95. The van der Waals surface area contributed by atoms with Crippen LogP contribution in [0.4, 0.5) is 24.5 Å². The van der Waals surface area contributed by atoms with Gasteiger partial charge in [0.1, 0.15) is 17.1 Å². The highest BCUT2D eigenvalue weighted by Gasteiger charge is 2.47. The average Bonchev–Trinajstić information content (AvgIpc) is 2.95. The lowest BCUT2D eigenvalue weighted by atomic mass is 10.0. The van der Waals surface area contributed by atoms with Gasteiger partial charge in [-0.25, -0.2) is 13.6 Å². The monoisotopic (exact) mass is 503 g/mol. The van der Waals surface area contributed by atoms with Crippen molar-refractivity contribution >= 4 is 33.0 Å². The van der Waals surface area contributed by atoms with Crippen molar-refractivity contribution < 1.29 is 31.4 Å². The standard InChI is InChI=1S/C22H23ClF3N2O4S/c1-13-10-17(7-9-21(13)33(27,30)31)28(14(2)4-6-18(28)11-15(3)29)19-8-5-16(23)12-20(19)32-22(24,25)26/h4-10,12,15,29H,11H2,1-3H3,(H2,27,30,31)/q+1/t15-,28?/m0/s1. The first kappa shape index (κ1) is 25.3. The van der Waals surface area contributed by atoms with E-state index in [1.165, 1.54) is 24.3 Å². The Morgan fingerprint density at radius 2 is 1.82 bits per heavy atom. The van der Waals surface area contributed by atoms with Crippen molar-refractivity contribution in [3.05, 3.63) is 70.5 Å². The van der Waals surface area contributed by atoms with Gasteiger partial charge in [-0.1, -0.05) is 11.6 Å². The Kier molecular flexibility index (Phi) is 6.71. The molecule has 0 radical (unpaired) electrons. The number of aryl methyl sites for hydroxylation is 1. The van der Waals surface area contributed by atoms with Crippen molar-refractivity contribution in [1.82, 2.24) is 4.48 Å². The number of hydrogen-bond acceptors (Lipinski definition) is 4. The molecule has 2 aromatic rings. The molecule has 0 spiro atoms. The maximum absolute atomic E-state index is 13.3. The number of nitrogens with two attached hydrogens (primary N) is 1. The first-order valence-corrected chi connectivity index (χ1v) is 11.7. The predicted octanol–water partition coefficient (Wildman–Crippen LogP) is 5.41. The molecule has 2 atom stereocenters. The van der Waals surface area contributed by atoms with Gasteiger partial charge in [0, 0.05) is 54.8 Å². The highest BCUT2D eigenvalue weighted by molar-refractivity contribution is 7.89. The molecule has 33 heavy (non-hydrogen) atoms. The number of halogens is 4. The quantitative estimate of drug-likeness (QED) is 0.516. The summed E-state index contributed by atoms with van der Waals surface area (Å²) >= 11 is 5.99. The number of aliphatic hydroxyl groups excluding tert-OH is 1. The molecule has 0 fully saturated rings. The molecule has 3 N–H and O–H groups in total. The number of sulfonamides is 1. The van der Waals surface area contributed by atoms with Crippen LogP contribution in [0.2, 0.25) is 5.02 Å². The minimum absolute atomic E-state index is 0.0405. The second-order valence-electron chi connectivity index (χ2n) is 7.84. The van der Waals surface area contributed by atoms with E-state index in [1.54, 1.807) is 39.0 Å². The van der Waals surface area contributed by atoms with E-state index in [4.69, 9.17) is 16.7 Å². The number of benzene rings is 2. The summed E-state index contributed by atoms with van der Waals surface area (Å²) in [5.74, 6) is -0.519. The van der Waals surface area contributed by atoms with E-state index >= 15 is 0 Å². The fraction of sp³-hybridized carbons (Fsp3) is 0.273. The maximum Gasteiger partial charge on any atom is 0.573 e. The van der Waals surface area contributed by atoms with Crippen LogP contribution in [-0.4, -0.2) is 26.0 Å². The van der Waals surface area contributed by atoms with Gasteiger partial charge in [0.2, 0.25) is 10.0 Å². The van der Waals surface area contributed by atoms with Crippen LogP contribution < -0.4 is 14.4 Å². The van der Waals surface area contributed by atoms with Crippen molar-refractivity contribution in [3.8, 4) is 5.75 Å². The third-order valence-electron chi connectivity index (χ3n) is 5.34. The first-order chi connectivity index (χ1) is 15.2. The Balaban J connectivity index is 2.38. The molecule has 0 aromatic heterocycles. The summed E-state index contributed by atoms with van der Waals surface area (Å²) in [7, 11) is -4.01. The number of nitrogens with zero attached hydrogens (tertiary/aromatic N) is 1. The molecule has 11 heteroatoms. The Labute approximate surface area is 195 Å². The van der Waals surface area contributed by atoms with E-state index in [9.17, 15) is 26.7 Å². The van der Waals surface area contributed by atoms with Crippen molar-refractivity contribution in [3.63, 3.8) is 0 Å². The van der Waals surface area contributed by atoms with E-state index in [0.29, 0.717) is 22.6 Å². The predicted molar refractivity (Wildman–Crippen MR) is 120 cm³/mol. The molecule has 0 bridgehead atoms. The molecule has 178 valence electrons. The van der Waals surface area contributed by atoms with Crippen molar-refractivity contribution in [1.29, 1.82) is 0 Å². The molecule has 6 nitrogen and oxygen atoms in total. The van der Waals surface area contributed by atoms with E-state index in [2.05, 4.69) is 4.74 Å². The highest BCUT2D eigenvalue weighted by Crippen LogP contribution is 2.53. The Bertz CT molecular complexity index is 1260. The van der Waals surface area contributed by atoms with Gasteiger partial charge >= 0.3 is 6.36 Å². The van der Waals surface area contributed by atoms with E-state index in [0.717, 1.165) is 6.07 Å². The molecule has 3 rings (SSSR count). The summed E-state index contributed by atoms with van der Waals surface area (Å²) in [6.07, 6.45) is -2.22. The minimum atomic E-state index is -4.98. The molecule has 0 amide bonds. The average molecular weight is 504 g/mol. The van der Waals surface area contributed by atoms with Crippen molar-refractivity contribution in [2.75, 3.05) is 0 Å². The summed E-state index contributed by atoms with van der Waals surface area (Å²) in [6, 6.07) is 8.27. The number of hydrogen-bond donors (Lipinski definition) is 2. The number of aliphatic hydroxyl groups is 1. The van der Waals surface area contributed by atoms with Gasteiger partial charge in [-0.3, -0.25) is 0 Å². The molecular formula is C22H23ClF3N2O4S+. The van der Waals surface area contributed by atoms with Gasteiger partial charge < -0.3 is 9.84 Å². The second-order valence-corrected chi connectivity index (χ2v) is 9.81. The SMILES string of the molecule is CC1=CC=C(C[C@H](C)O)[N+]1(c1ccc(S(N)(=O)=O)c(C)c1)c1ccc(Cl)cc1OC(F)(F)F. The molecular weight excluding hydrogens is 481 g/mol. The van der Waals surface area contributed by atoms with Gasteiger partial charge in [0.25, 0.3) is 0 Å². The Morgan fingerprint density at radius 1 is 1.15 bits per heavy atom. The van der Waals surface area contributed by atoms with Crippen molar-refractivity contribution in [2.24, 2.45) is 5.14 Å². The topological polar surface area (TPSA) is 89.6 Å². The lowest BCUT2D eigenvalue weighted by molar-refractivity contribution is -0.274. The first-order valence-electron chi connectivity index (χ1n) is 9.82. The zero-order valence-corrected chi connectivity index (χ0v) is 19.6. The number of allylic oxidation sites excluding steroid dienone is 3. The maximum atomic E-state index is 13.3. The molecule has 0 saturated heterocycles. The number of primary sulfonamides is 1. The van der Waals surface area contributed by atoms with Crippen LogP contribution in [0.1, 0.15) is 25.8 Å². The number of ether oxygens (including phenoxy) is 1. The van der Waals surface area contributed by atoms with Crippen LogP contribution in [0, 0.1) is 6.92 Å². The fourth-order valence-corrected chi connectivity index (χ4v) is 5.09. The molecule has 1 unspecified atom stereocenters. The zero-order chi connectivity index (χ0) is 24.8. The minimum Gasteiger partial charge on any atom is -0.399 e. The van der Waals surface area contributed by atoms with Crippen LogP contribution in [0.15, 0.2) is 64.8 Å². The van der Waals surface area contributed by atoms with Crippen LogP contribution >= 0.6 is 11.6 Å². The molecule has 0 saturated carbocycles. The largest absolute Gasteiger partial charge is 0.573 e. The Hall–Kier alpha value is -2.37. The van der Waals surface area contributed by atoms with Crippen molar-refractivity contribution in [2.45, 2.75) is 44.6 Å². The number of quaternary nitrogens is 1. The molecule has 1 heterocycles. The van der Waals surface area contributed by atoms with E-state index in [-0.39, 0.29) is 26.5 Å². The summed E-state index contributed by atoms with van der Waals surface area (Å²) in [4.78, 5) is -0.103. The summed E-state index contributed by atoms with van der Waals surface area (Å²) < 4.78 is 67.7. The van der Waals surface area contributed by atoms with Crippen LogP contribution in [0.5, 0.6) is 5.75 Å². The van der Waals surface area contributed by atoms with Crippen LogP contribution in [0.3, 0.4) is 0 Å². The summed E-state index contributed by atoms with van der Waals surface area (Å²) in [5, 5.41) is 15.5. The smallest absolute Gasteiger partial charge is 0.399 e. The number of alkyl halides is 3. The van der Waals surface area contributed by atoms with Gasteiger partial charge in [0.05, 0.1) is 11.0 Å². The lowest BCUT2D eigenvalue weighted by Crippen LogP contribution is -2.41. The van der Waals surface area contributed by atoms with Crippen LogP contribution in [-0.2, 0) is 10.0 Å². The molecule has 1 aliphatic heterocycles. The highest BCUT2D eigenvalue weighted by atomic mass is 35.5. The van der Waals surface area contributed by atoms with Crippen LogP contribution in [0.25, 0.3) is 0 Å². The molecule has 2 aromatic carbocycles. The normalized spacial score (nSPS) is 19.8. The zero-order valence-electron chi connectivity index (χ0n) is 18.0. The van der Waals surface area contributed by atoms with Gasteiger partial charge in [-0.15, -0.1) is 13.2 Å². The summed E-state index contributed by atoms with van der Waals surface area (Å²) in [6.45, 7) is 4.83. The molecule has 0 aliphatic carbocycles. The summed E-state index contributed by atoms with van der Waals surface area (Å²) in [5.41, 5.74) is 2.00. The van der Waals surface area contributed by atoms with E-state index in [1.807, 2.05) is 0 Å². The van der Waals surface area contributed by atoms with Gasteiger partial charge in [-0.2, -0.15) is 4.48 Å². The second kappa shape index (κ2) is 8.77. The Morgan fingerprint density at radius 3 is 2.36 bits per heavy atom. The fourth-order valence-electron chi connectivity index (χ4n) is 4.16. The van der Waals surface area contributed by atoms with Gasteiger partial charge in [0.15, 0.2) is 11.4 Å². The number of rotatable bonds is 6. The van der Waals surface area contributed by atoms with E-state index < -0.39 is 28.2 Å². The van der Waals surface area contributed by atoms with Gasteiger partial charge in [-0.05, 0) is 31.5 Å².